The zero-order chi connectivity index (χ0) is 17.1. The molecule has 0 unspecified atom stereocenters. The Balaban J connectivity index is 2.60. The van der Waals surface area contributed by atoms with E-state index >= 15 is 0 Å². The number of carbonyl (C=O) groups excluding carboxylic acids is 1. The van der Waals surface area contributed by atoms with Crippen LogP contribution in [-0.4, -0.2) is 43.7 Å². The average Bonchev–Trinajstić information content (AvgIpc) is 2.54. The molecule has 0 aliphatic carbocycles. The predicted molar refractivity (Wildman–Crippen MR) is 89.4 cm³/mol. The topological polar surface area (TPSA) is 95.0 Å². The Bertz CT molecular complexity index is 546. The first-order chi connectivity index (χ1) is 11.1. The first kappa shape index (κ1) is 18.9. The minimum atomic E-state index is -1.26. The second kappa shape index (κ2) is 10.5. The van der Waals surface area contributed by atoms with E-state index in [9.17, 15) is 9.90 Å². The van der Waals surface area contributed by atoms with Gasteiger partial charge in [-0.25, -0.2) is 0 Å². The Hall–Kier alpha value is -2.19. The summed E-state index contributed by atoms with van der Waals surface area (Å²) in [5.41, 5.74) is 4.48. The summed E-state index contributed by atoms with van der Waals surface area (Å²) < 4.78 is 9.94. The molecule has 126 valence electrons. The highest BCUT2D eigenvalue weighted by atomic mass is 32.1. The molecule has 0 amide bonds. The number of nitrogens with zero attached hydrogens (tertiary/aromatic N) is 1. The van der Waals surface area contributed by atoms with Gasteiger partial charge in [0, 0.05) is 13.7 Å². The van der Waals surface area contributed by atoms with Crippen molar-refractivity contribution in [2.75, 3.05) is 26.9 Å². The number of benzene rings is 1. The van der Waals surface area contributed by atoms with Gasteiger partial charge in [-0.1, -0.05) is 6.92 Å². The average molecular weight is 338 g/mol. The normalized spacial score (nSPS) is 11.0. The molecule has 0 fully saturated rings. The molecule has 0 spiro atoms. The molecule has 0 aromatic heterocycles. The highest BCUT2D eigenvalue weighted by molar-refractivity contribution is 7.80. The smallest absolute Gasteiger partial charge is 0.187 e. The lowest BCUT2D eigenvalue weighted by molar-refractivity contribution is -0.307. The first-order valence-corrected chi connectivity index (χ1v) is 7.50. The van der Waals surface area contributed by atoms with Crippen LogP contribution in [-0.2, 0) is 9.53 Å². The minimum absolute atomic E-state index is 0.418. The lowest BCUT2D eigenvalue weighted by Gasteiger charge is -2.10. The first-order valence-electron chi connectivity index (χ1n) is 7.09. The molecular weight excluding hydrogens is 318 g/mol. The maximum absolute atomic E-state index is 10.3. The van der Waals surface area contributed by atoms with E-state index in [-0.39, 0.29) is 0 Å². The van der Waals surface area contributed by atoms with Crippen LogP contribution < -0.4 is 20.6 Å². The van der Waals surface area contributed by atoms with Crippen molar-refractivity contribution >= 4 is 29.0 Å². The number of carboxylic acid groups (broad SMARTS) is 1. The second-order valence-corrected chi connectivity index (χ2v) is 4.87. The van der Waals surface area contributed by atoms with Gasteiger partial charge in [0.05, 0.1) is 18.3 Å². The van der Waals surface area contributed by atoms with Crippen molar-refractivity contribution in [2.24, 2.45) is 5.10 Å². The number of hydrogen-bond acceptors (Lipinski definition) is 6. The summed E-state index contributed by atoms with van der Waals surface area (Å²) in [5.74, 6) is -0.804. The number of hydrazone groups is 1. The Morgan fingerprint density at radius 2 is 2.04 bits per heavy atom. The summed E-state index contributed by atoms with van der Waals surface area (Å²) in [6.45, 7) is 2.66. The largest absolute Gasteiger partial charge is 0.546 e. The van der Waals surface area contributed by atoms with Crippen LogP contribution in [0, 0.1) is 0 Å². The molecule has 0 radical (unpaired) electrons. The van der Waals surface area contributed by atoms with E-state index < -0.39 is 12.6 Å². The van der Waals surface area contributed by atoms with Gasteiger partial charge in [-0.2, -0.15) is 5.10 Å². The van der Waals surface area contributed by atoms with Crippen LogP contribution in [0.3, 0.4) is 0 Å². The quantitative estimate of drug-likeness (QED) is 0.284. The van der Waals surface area contributed by atoms with E-state index in [0.29, 0.717) is 30.4 Å². The minimum Gasteiger partial charge on any atom is -0.546 e. The molecule has 1 aromatic rings. The predicted octanol–water partition coefficient (Wildman–Crippen LogP) is 0.0399. The molecule has 0 saturated heterocycles. The van der Waals surface area contributed by atoms with Gasteiger partial charge in [0.25, 0.3) is 0 Å². The monoisotopic (exact) mass is 338 g/mol. The number of rotatable bonds is 9. The number of nitrogens with one attached hydrogen (secondary N) is 2. The number of aliphatic carboxylic acids is 1. The van der Waals surface area contributed by atoms with Gasteiger partial charge >= 0.3 is 0 Å². The molecule has 23 heavy (non-hydrogen) atoms. The Morgan fingerprint density at radius 3 is 2.61 bits per heavy atom. The summed E-state index contributed by atoms with van der Waals surface area (Å²) in [6.07, 6.45) is 0.701. The highest BCUT2D eigenvalue weighted by Gasteiger charge is 2.03. The Kier molecular flexibility index (Phi) is 8.63. The zero-order valence-electron chi connectivity index (χ0n) is 13.1. The zero-order valence-corrected chi connectivity index (χ0v) is 13.9. The molecule has 0 heterocycles. The molecule has 0 saturated carbocycles. The molecule has 0 atom stereocenters. The third kappa shape index (κ3) is 7.57. The van der Waals surface area contributed by atoms with Crippen LogP contribution in [0.1, 0.15) is 18.9 Å². The Morgan fingerprint density at radius 1 is 1.35 bits per heavy atom. The maximum atomic E-state index is 10.3. The maximum Gasteiger partial charge on any atom is 0.187 e. The second-order valence-electron chi connectivity index (χ2n) is 4.46. The number of hydrogen-bond donors (Lipinski definition) is 2. The summed E-state index contributed by atoms with van der Waals surface area (Å²) in [6, 6.07) is 6.96. The van der Waals surface area contributed by atoms with Crippen molar-refractivity contribution in [3.63, 3.8) is 0 Å². The molecule has 1 aromatic carbocycles. The molecule has 0 bridgehead atoms. The lowest BCUT2D eigenvalue weighted by atomic mass is 10.1. The van der Waals surface area contributed by atoms with Crippen molar-refractivity contribution in [2.45, 2.75) is 13.3 Å². The van der Waals surface area contributed by atoms with Gasteiger partial charge in [0.15, 0.2) is 5.11 Å². The van der Waals surface area contributed by atoms with Gasteiger partial charge in [-0.15, -0.1) is 0 Å². The number of carbonyl (C=O) groups is 1. The lowest BCUT2D eigenvalue weighted by Crippen LogP contribution is -2.34. The van der Waals surface area contributed by atoms with Gasteiger partial charge in [-0.3, -0.25) is 5.43 Å². The number of methoxy groups -OCH3 is 1. The fraction of sp³-hybridized carbons (Fsp3) is 0.400. The van der Waals surface area contributed by atoms with E-state index in [1.165, 1.54) is 0 Å². The van der Waals surface area contributed by atoms with E-state index in [2.05, 4.69) is 15.8 Å². The van der Waals surface area contributed by atoms with Crippen molar-refractivity contribution in [3.8, 4) is 5.75 Å². The summed E-state index contributed by atoms with van der Waals surface area (Å²) >= 11 is 5.10. The molecule has 0 aliphatic heterocycles. The van der Waals surface area contributed by atoms with E-state index in [1.54, 1.807) is 31.4 Å². The number of carboxylic acids is 1. The van der Waals surface area contributed by atoms with Crippen LogP contribution in [0.2, 0.25) is 0 Å². The van der Waals surface area contributed by atoms with Gasteiger partial charge in [-0.05, 0) is 48.5 Å². The molecule has 7 nitrogen and oxygen atoms in total. The molecule has 0 aliphatic rings. The highest BCUT2D eigenvalue weighted by Crippen LogP contribution is 2.13. The van der Waals surface area contributed by atoms with Crippen LogP contribution >= 0.6 is 12.2 Å². The summed E-state index contributed by atoms with van der Waals surface area (Å²) in [5, 5.41) is 18.0. The van der Waals surface area contributed by atoms with Crippen molar-refractivity contribution in [3.05, 3.63) is 29.8 Å². The van der Waals surface area contributed by atoms with Crippen LogP contribution in [0.25, 0.3) is 0 Å². The standard InChI is InChI=1S/C15H21N3O4S/c1-3-13(17-18-15(23)16-8-9-21-2)11-4-6-12(7-5-11)22-10-14(19)20/h4-7H,3,8-10H2,1-2H3,(H,19,20)(H2,16,18,23)/p-1/b17-13-. The third-order valence-electron chi connectivity index (χ3n) is 2.76. The van der Waals surface area contributed by atoms with Crippen LogP contribution in [0.4, 0.5) is 0 Å². The number of ether oxygens (including phenoxy) is 2. The fourth-order valence-electron chi connectivity index (χ4n) is 1.66. The van der Waals surface area contributed by atoms with Gasteiger partial charge < -0.3 is 24.7 Å². The SMILES string of the molecule is CC/C(=N/NC(=S)NCCOC)c1ccc(OCC(=O)[O-])cc1. The molecule has 1 rings (SSSR count). The fourth-order valence-corrected chi connectivity index (χ4v) is 1.81. The molecular formula is C15H20N3O4S-. The molecule has 2 N–H and O–H groups in total. The Labute approximate surface area is 140 Å². The van der Waals surface area contributed by atoms with Crippen LogP contribution in [0.5, 0.6) is 5.75 Å². The molecule has 8 heteroatoms. The summed E-state index contributed by atoms with van der Waals surface area (Å²) in [7, 11) is 1.62. The van der Waals surface area contributed by atoms with E-state index in [0.717, 1.165) is 11.3 Å². The van der Waals surface area contributed by atoms with Crippen molar-refractivity contribution < 1.29 is 19.4 Å². The van der Waals surface area contributed by atoms with Crippen molar-refractivity contribution in [1.29, 1.82) is 0 Å². The van der Waals surface area contributed by atoms with Crippen molar-refractivity contribution in [1.82, 2.24) is 10.7 Å². The van der Waals surface area contributed by atoms with E-state index in [1.807, 2.05) is 6.92 Å². The van der Waals surface area contributed by atoms with E-state index in [4.69, 9.17) is 21.7 Å². The van der Waals surface area contributed by atoms with Gasteiger partial charge in [0.1, 0.15) is 12.4 Å². The third-order valence-corrected chi connectivity index (χ3v) is 3.00. The van der Waals surface area contributed by atoms with Gasteiger partial charge in [0.2, 0.25) is 0 Å². The summed E-state index contributed by atoms with van der Waals surface area (Å²) in [4.78, 5) is 10.3. The van der Waals surface area contributed by atoms with Crippen LogP contribution in [0.15, 0.2) is 29.4 Å². The number of thiocarbonyl (C=S) groups is 1.